The Hall–Kier alpha value is -2.58. The van der Waals surface area contributed by atoms with Crippen LogP contribution in [-0.2, 0) is 14.8 Å². The predicted molar refractivity (Wildman–Crippen MR) is 116 cm³/mol. The SMILES string of the molecule is COc1cccc(N(C)C(=O)C2CCN(S(=O)(=O)c3ccc(OC)c(C)c3)CC2)c1. The van der Waals surface area contributed by atoms with Gasteiger partial charge in [0.2, 0.25) is 15.9 Å². The van der Waals surface area contributed by atoms with Gasteiger partial charge in [-0.1, -0.05) is 6.07 Å². The molecule has 1 heterocycles. The number of anilines is 1. The Balaban J connectivity index is 1.67. The molecule has 0 saturated carbocycles. The summed E-state index contributed by atoms with van der Waals surface area (Å²) in [6.07, 6.45) is 0.975. The zero-order valence-electron chi connectivity index (χ0n) is 17.8. The first-order chi connectivity index (χ1) is 14.3. The lowest BCUT2D eigenvalue weighted by molar-refractivity contribution is -0.123. The molecule has 0 atom stereocenters. The van der Waals surface area contributed by atoms with Crippen molar-refractivity contribution in [3.05, 3.63) is 48.0 Å². The number of benzene rings is 2. The third-order valence-electron chi connectivity index (χ3n) is 5.58. The molecule has 8 heteroatoms. The zero-order chi connectivity index (χ0) is 21.9. The van der Waals surface area contributed by atoms with E-state index in [0.717, 1.165) is 11.3 Å². The van der Waals surface area contributed by atoms with Crippen LogP contribution in [-0.4, -0.2) is 53.0 Å². The van der Waals surface area contributed by atoms with Crippen molar-refractivity contribution >= 4 is 21.6 Å². The standard InChI is InChI=1S/C22H28N2O5S/c1-16-14-20(8-9-21(16)29-4)30(26,27)24-12-10-17(11-13-24)22(25)23(2)18-6-5-7-19(15-18)28-3/h5-9,14-15,17H,10-13H2,1-4H3. The molecule has 3 rings (SSSR count). The van der Waals surface area contributed by atoms with Crippen molar-refractivity contribution in [2.75, 3.05) is 39.3 Å². The molecule has 0 aliphatic carbocycles. The number of amides is 1. The molecule has 0 bridgehead atoms. The van der Waals surface area contributed by atoms with Gasteiger partial charge in [0.1, 0.15) is 11.5 Å². The van der Waals surface area contributed by atoms with Gasteiger partial charge in [0.05, 0.1) is 19.1 Å². The maximum atomic E-state index is 13.0. The molecular weight excluding hydrogens is 404 g/mol. The molecule has 1 aliphatic heterocycles. The van der Waals surface area contributed by atoms with Gasteiger partial charge in [0.25, 0.3) is 0 Å². The van der Waals surface area contributed by atoms with Crippen molar-refractivity contribution in [3.63, 3.8) is 0 Å². The summed E-state index contributed by atoms with van der Waals surface area (Å²) in [5.41, 5.74) is 1.52. The first-order valence-corrected chi connectivity index (χ1v) is 11.3. The maximum Gasteiger partial charge on any atom is 0.243 e. The van der Waals surface area contributed by atoms with Gasteiger partial charge in [0.15, 0.2) is 0 Å². The monoisotopic (exact) mass is 432 g/mol. The summed E-state index contributed by atoms with van der Waals surface area (Å²) in [7, 11) is 1.27. The Bertz CT molecular complexity index is 1010. The highest BCUT2D eigenvalue weighted by Crippen LogP contribution is 2.29. The fraction of sp³-hybridized carbons (Fsp3) is 0.409. The van der Waals surface area contributed by atoms with Crippen molar-refractivity contribution in [1.82, 2.24) is 4.31 Å². The van der Waals surface area contributed by atoms with E-state index in [1.54, 1.807) is 44.4 Å². The highest BCUT2D eigenvalue weighted by Gasteiger charge is 2.33. The van der Waals surface area contributed by atoms with Gasteiger partial charge in [-0.25, -0.2) is 8.42 Å². The molecule has 0 N–H and O–H groups in total. The van der Waals surface area contributed by atoms with Crippen LogP contribution in [0.5, 0.6) is 11.5 Å². The molecule has 0 aromatic heterocycles. The van der Waals surface area contributed by atoms with Crippen LogP contribution in [0.2, 0.25) is 0 Å². The molecule has 1 saturated heterocycles. The van der Waals surface area contributed by atoms with Crippen molar-refractivity contribution in [1.29, 1.82) is 0 Å². The Morgan fingerprint density at radius 2 is 1.77 bits per heavy atom. The quantitative estimate of drug-likeness (QED) is 0.701. The van der Waals surface area contributed by atoms with Crippen LogP contribution < -0.4 is 14.4 Å². The lowest BCUT2D eigenvalue weighted by Crippen LogP contribution is -2.43. The highest BCUT2D eigenvalue weighted by molar-refractivity contribution is 7.89. The van der Waals surface area contributed by atoms with E-state index in [0.29, 0.717) is 37.4 Å². The minimum Gasteiger partial charge on any atom is -0.497 e. The molecule has 0 unspecified atom stereocenters. The Labute approximate surface area is 178 Å². The van der Waals surface area contributed by atoms with Gasteiger partial charge in [-0.3, -0.25) is 4.79 Å². The largest absolute Gasteiger partial charge is 0.497 e. The van der Waals surface area contributed by atoms with Crippen LogP contribution in [0.25, 0.3) is 0 Å². The van der Waals surface area contributed by atoms with E-state index in [2.05, 4.69) is 0 Å². The molecule has 0 spiro atoms. The number of carbonyl (C=O) groups excluding carboxylic acids is 1. The fourth-order valence-corrected chi connectivity index (χ4v) is 5.28. The lowest BCUT2D eigenvalue weighted by atomic mass is 9.96. The molecule has 1 fully saturated rings. The summed E-state index contributed by atoms with van der Waals surface area (Å²) < 4.78 is 37.9. The third kappa shape index (κ3) is 4.44. The molecule has 1 aliphatic rings. The summed E-state index contributed by atoms with van der Waals surface area (Å²) in [5, 5.41) is 0. The number of rotatable bonds is 6. The summed E-state index contributed by atoms with van der Waals surface area (Å²) in [4.78, 5) is 14.8. The number of hydrogen-bond donors (Lipinski definition) is 0. The zero-order valence-corrected chi connectivity index (χ0v) is 18.6. The normalized spacial score (nSPS) is 15.6. The number of hydrogen-bond acceptors (Lipinski definition) is 5. The average molecular weight is 433 g/mol. The van der Waals surface area contributed by atoms with Crippen LogP contribution >= 0.6 is 0 Å². The summed E-state index contributed by atoms with van der Waals surface area (Å²) in [6, 6.07) is 12.2. The number of aryl methyl sites for hydroxylation is 1. The second kappa shape index (κ2) is 9.06. The topological polar surface area (TPSA) is 76.2 Å². The van der Waals surface area contributed by atoms with Crippen LogP contribution in [0, 0.1) is 12.8 Å². The second-order valence-electron chi connectivity index (χ2n) is 7.41. The molecule has 162 valence electrons. The van der Waals surface area contributed by atoms with Gasteiger partial charge in [-0.05, 0) is 55.7 Å². The summed E-state index contributed by atoms with van der Waals surface area (Å²) in [5.74, 6) is 1.10. The first kappa shape index (κ1) is 22.1. The molecule has 2 aromatic rings. The van der Waals surface area contributed by atoms with Gasteiger partial charge in [0, 0.05) is 37.8 Å². The number of ether oxygens (including phenoxy) is 2. The van der Waals surface area contributed by atoms with E-state index in [1.165, 1.54) is 4.31 Å². The van der Waals surface area contributed by atoms with Crippen LogP contribution in [0.15, 0.2) is 47.4 Å². The summed E-state index contributed by atoms with van der Waals surface area (Å²) in [6.45, 7) is 2.45. The van der Waals surface area contributed by atoms with E-state index >= 15 is 0 Å². The van der Waals surface area contributed by atoms with Crippen molar-refractivity contribution in [3.8, 4) is 11.5 Å². The lowest BCUT2D eigenvalue weighted by Gasteiger charge is -2.32. The molecule has 30 heavy (non-hydrogen) atoms. The van der Waals surface area contributed by atoms with Gasteiger partial charge >= 0.3 is 0 Å². The first-order valence-electron chi connectivity index (χ1n) is 9.84. The van der Waals surface area contributed by atoms with E-state index < -0.39 is 10.0 Å². The Morgan fingerprint density at radius 3 is 2.37 bits per heavy atom. The molecular formula is C22H28N2O5S. The number of methoxy groups -OCH3 is 2. The maximum absolute atomic E-state index is 13.0. The average Bonchev–Trinajstić information content (AvgIpc) is 2.78. The van der Waals surface area contributed by atoms with Gasteiger partial charge < -0.3 is 14.4 Å². The van der Waals surface area contributed by atoms with E-state index in [9.17, 15) is 13.2 Å². The summed E-state index contributed by atoms with van der Waals surface area (Å²) >= 11 is 0. The van der Waals surface area contributed by atoms with E-state index in [1.807, 2.05) is 31.2 Å². The van der Waals surface area contributed by atoms with Crippen LogP contribution in [0.3, 0.4) is 0 Å². The van der Waals surface area contributed by atoms with Crippen LogP contribution in [0.4, 0.5) is 5.69 Å². The van der Waals surface area contributed by atoms with Gasteiger partial charge in [-0.2, -0.15) is 4.31 Å². The minimum absolute atomic E-state index is 0.0133. The Morgan fingerprint density at radius 1 is 1.07 bits per heavy atom. The number of nitrogens with zero attached hydrogens (tertiary/aromatic N) is 2. The second-order valence-corrected chi connectivity index (χ2v) is 9.35. The smallest absolute Gasteiger partial charge is 0.243 e. The van der Waals surface area contributed by atoms with E-state index in [-0.39, 0.29) is 16.7 Å². The predicted octanol–water partition coefficient (Wildman–Crippen LogP) is 3.08. The molecule has 1 amide bonds. The van der Waals surface area contributed by atoms with E-state index in [4.69, 9.17) is 9.47 Å². The van der Waals surface area contributed by atoms with Crippen molar-refractivity contribution in [2.24, 2.45) is 5.92 Å². The number of sulfonamides is 1. The molecule has 7 nitrogen and oxygen atoms in total. The number of carbonyl (C=O) groups is 1. The molecule has 0 radical (unpaired) electrons. The number of piperidine rings is 1. The fourth-order valence-electron chi connectivity index (χ4n) is 3.72. The highest BCUT2D eigenvalue weighted by atomic mass is 32.2. The van der Waals surface area contributed by atoms with Crippen LogP contribution in [0.1, 0.15) is 18.4 Å². The third-order valence-corrected chi connectivity index (χ3v) is 7.47. The van der Waals surface area contributed by atoms with Crippen molar-refractivity contribution in [2.45, 2.75) is 24.7 Å². The Kier molecular flexibility index (Phi) is 6.67. The minimum atomic E-state index is -3.60. The molecule has 2 aromatic carbocycles. The van der Waals surface area contributed by atoms with Crippen molar-refractivity contribution < 1.29 is 22.7 Å². The van der Waals surface area contributed by atoms with Gasteiger partial charge in [-0.15, -0.1) is 0 Å².